The molecule has 0 aliphatic carbocycles. The highest BCUT2D eigenvalue weighted by Gasteiger charge is 2.27. The van der Waals surface area contributed by atoms with Gasteiger partial charge in [-0.2, -0.15) is 0 Å². The molecule has 88 valence electrons. The maximum Gasteiger partial charge on any atom is 0.409 e. The maximum atomic E-state index is 11.5. The monoisotopic (exact) mass is 215 g/mol. The molecule has 1 heterocycles. The second-order valence-electron chi connectivity index (χ2n) is 4.25. The van der Waals surface area contributed by atoms with Crippen LogP contribution < -0.4 is 0 Å². The zero-order valence-electron chi connectivity index (χ0n) is 9.61. The normalized spacial score (nSPS) is 26.5. The maximum absolute atomic E-state index is 11.5. The van der Waals surface area contributed by atoms with Gasteiger partial charge in [-0.15, -0.1) is 0 Å². The third kappa shape index (κ3) is 3.70. The molecule has 0 aromatic carbocycles. The highest BCUT2D eigenvalue weighted by molar-refractivity contribution is 5.67. The first-order chi connectivity index (χ1) is 7.15. The van der Waals surface area contributed by atoms with Gasteiger partial charge in [-0.05, 0) is 18.8 Å². The van der Waals surface area contributed by atoms with Crippen molar-refractivity contribution >= 4 is 6.09 Å². The van der Waals surface area contributed by atoms with Crippen LogP contribution in [-0.2, 0) is 4.74 Å². The van der Waals surface area contributed by atoms with Gasteiger partial charge in [0.1, 0.15) is 0 Å². The molecule has 0 aromatic rings. The average Bonchev–Trinajstić information content (AvgIpc) is 2.22. The lowest BCUT2D eigenvalue weighted by molar-refractivity contribution is 0.0266. The Bertz CT molecular complexity index is 208. The van der Waals surface area contributed by atoms with Crippen LogP contribution in [0, 0.1) is 5.92 Å². The molecule has 0 aromatic heterocycles. The van der Waals surface area contributed by atoms with Crippen molar-refractivity contribution in [2.24, 2.45) is 5.92 Å². The van der Waals surface area contributed by atoms with E-state index < -0.39 is 0 Å². The lowest BCUT2D eigenvalue weighted by Gasteiger charge is -2.33. The van der Waals surface area contributed by atoms with Crippen molar-refractivity contribution in [3.05, 3.63) is 0 Å². The molecule has 4 nitrogen and oxygen atoms in total. The molecule has 15 heavy (non-hydrogen) atoms. The number of ether oxygens (including phenoxy) is 1. The molecule has 1 aliphatic heterocycles. The number of piperidine rings is 1. The summed E-state index contributed by atoms with van der Waals surface area (Å²) in [7, 11) is 0. The predicted octanol–water partition coefficient (Wildman–Crippen LogP) is 1.63. The molecule has 1 amide bonds. The number of likely N-dealkylation sites (tertiary alicyclic amines) is 1. The number of carbonyl (C=O) groups is 1. The number of aliphatic hydroxyl groups is 1. The number of aliphatic hydroxyl groups excluding tert-OH is 1. The molecule has 0 spiro atoms. The molecular formula is C11H21NO3. The van der Waals surface area contributed by atoms with Crippen LogP contribution >= 0.6 is 0 Å². The predicted molar refractivity (Wildman–Crippen MR) is 57.6 cm³/mol. The van der Waals surface area contributed by atoms with E-state index in [4.69, 9.17) is 4.74 Å². The average molecular weight is 215 g/mol. The molecule has 0 bridgehead atoms. The van der Waals surface area contributed by atoms with Gasteiger partial charge in [0.15, 0.2) is 0 Å². The highest BCUT2D eigenvalue weighted by atomic mass is 16.6. The zero-order valence-corrected chi connectivity index (χ0v) is 9.61. The van der Waals surface area contributed by atoms with Crippen molar-refractivity contribution in [2.75, 3.05) is 19.7 Å². The zero-order chi connectivity index (χ0) is 11.3. The summed E-state index contributed by atoms with van der Waals surface area (Å²) < 4.78 is 5.11. The molecule has 1 rings (SSSR count). The summed E-state index contributed by atoms with van der Waals surface area (Å²) in [4.78, 5) is 13.2. The number of hydrogen-bond donors (Lipinski definition) is 1. The van der Waals surface area contributed by atoms with Crippen LogP contribution in [0.25, 0.3) is 0 Å². The lowest BCUT2D eigenvalue weighted by atomic mass is 9.97. The summed E-state index contributed by atoms with van der Waals surface area (Å²) in [6.45, 7) is 5.73. The Morgan fingerprint density at radius 1 is 1.60 bits per heavy atom. The van der Waals surface area contributed by atoms with E-state index >= 15 is 0 Å². The minimum absolute atomic E-state index is 0.150. The van der Waals surface area contributed by atoms with Gasteiger partial charge in [0.2, 0.25) is 0 Å². The molecule has 1 fully saturated rings. The Kier molecular flexibility index (Phi) is 4.88. The van der Waals surface area contributed by atoms with Crippen molar-refractivity contribution in [3.63, 3.8) is 0 Å². The van der Waals surface area contributed by atoms with Gasteiger partial charge in [-0.3, -0.25) is 0 Å². The first-order valence-corrected chi connectivity index (χ1v) is 5.75. The van der Waals surface area contributed by atoms with Crippen LogP contribution in [0.1, 0.15) is 33.1 Å². The molecule has 0 saturated carbocycles. The molecule has 0 radical (unpaired) electrons. The topological polar surface area (TPSA) is 49.8 Å². The molecular weight excluding hydrogens is 194 g/mol. The minimum atomic E-state index is -0.273. The summed E-state index contributed by atoms with van der Waals surface area (Å²) in [6.07, 6.45) is 2.09. The van der Waals surface area contributed by atoms with Gasteiger partial charge in [-0.1, -0.05) is 20.3 Å². The van der Waals surface area contributed by atoms with E-state index in [1.165, 1.54) is 0 Å². The number of unbranched alkanes of at least 4 members (excludes halogenated alkanes) is 1. The van der Waals surface area contributed by atoms with Crippen LogP contribution in [0.2, 0.25) is 0 Å². The first kappa shape index (κ1) is 12.3. The van der Waals surface area contributed by atoms with E-state index in [1.807, 2.05) is 6.92 Å². The van der Waals surface area contributed by atoms with Gasteiger partial charge in [0.25, 0.3) is 0 Å². The molecule has 2 atom stereocenters. The standard InChI is InChI=1S/C11H21NO3/c1-3-4-7-15-11(14)12-6-5-10(13)9(2)8-12/h9-10,13H,3-8H2,1-2H3/t9-,10-/m0/s1. The molecule has 4 heteroatoms. The Balaban J connectivity index is 2.28. The SMILES string of the molecule is CCCCOC(=O)N1CC[C@H](O)[C@@H](C)C1. The fourth-order valence-electron chi connectivity index (χ4n) is 1.69. The summed E-state index contributed by atoms with van der Waals surface area (Å²) in [5.41, 5.74) is 0. The van der Waals surface area contributed by atoms with E-state index in [1.54, 1.807) is 4.90 Å². The lowest BCUT2D eigenvalue weighted by Crippen LogP contribution is -2.45. The molecule has 1 aliphatic rings. The van der Waals surface area contributed by atoms with Crippen molar-refractivity contribution in [1.82, 2.24) is 4.90 Å². The molecule has 1 saturated heterocycles. The number of rotatable bonds is 3. The van der Waals surface area contributed by atoms with Crippen molar-refractivity contribution in [2.45, 2.75) is 39.2 Å². The minimum Gasteiger partial charge on any atom is -0.449 e. The Hall–Kier alpha value is -0.770. The summed E-state index contributed by atoms with van der Waals surface area (Å²) in [5, 5.41) is 9.51. The fourth-order valence-corrected chi connectivity index (χ4v) is 1.69. The third-order valence-electron chi connectivity index (χ3n) is 2.84. The van der Waals surface area contributed by atoms with E-state index in [0.717, 1.165) is 12.8 Å². The quantitative estimate of drug-likeness (QED) is 0.728. The Labute approximate surface area is 91.2 Å². The van der Waals surface area contributed by atoms with Gasteiger partial charge in [0.05, 0.1) is 12.7 Å². The van der Waals surface area contributed by atoms with Gasteiger partial charge >= 0.3 is 6.09 Å². The Morgan fingerprint density at radius 2 is 2.33 bits per heavy atom. The number of nitrogens with zero attached hydrogens (tertiary/aromatic N) is 1. The van der Waals surface area contributed by atoms with Gasteiger partial charge < -0.3 is 14.7 Å². The summed E-state index contributed by atoms with van der Waals surface area (Å²) in [5.74, 6) is 0.150. The van der Waals surface area contributed by atoms with Crippen LogP contribution in [0.4, 0.5) is 4.79 Å². The van der Waals surface area contributed by atoms with Crippen LogP contribution in [-0.4, -0.2) is 41.9 Å². The van der Waals surface area contributed by atoms with Gasteiger partial charge in [0, 0.05) is 13.1 Å². The second-order valence-corrected chi connectivity index (χ2v) is 4.25. The Morgan fingerprint density at radius 3 is 2.93 bits per heavy atom. The van der Waals surface area contributed by atoms with Crippen molar-refractivity contribution < 1.29 is 14.6 Å². The van der Waals surface area contributed by atoms with Crippen LogP contribution in [0.15, 0.2) is 0 Å². The number of hydrogen-bond acceptors (Lipinski definition) is 3. The summed E-state index contributed by atoms with van der Waals surface area (Å²) in [6, 6.07) is 0. The van der Waals surface area contributed by atoms with Crippen molar-refractivity contribution in [1.29, 1.82) is 0 Å². The van der Waals surface area contributed by atoms with Gasteiger partial charge in [-0.25, -0.2) is 4.79 Å². The summed E-state index contributed by atoms with van der Waals surface area (Å²) >= 11 is 0. The fraction of sp³-hybridized carbons (Fsp3) is 0.909. The third-order valence-corrected chi connectivity index (χ3v) is 2.84. The smallest absolute Gasteiger partial charge is 0.409 e. The number of carbonyl (C=O) groups excluding carboxylic acids is 1. The van der Waals surface area contributed by atoms with E-state index in [9.17, 15) is 9.90 Å². The van der Waals surface area contributed by atoms with E-state index in [0.29, 0.717) is 26.1 Å². The first-order valence-electron chi connectivity index (χ1n) is 5.75. The second kappa shape index (κ2) is 5.95. The highest BCUT2D eigenvalue weighted by Crippen LogP contribution is 2.17. The number of amides is 1. The van der Waals surface area contributed by atoms with Crippen LogP contribution in [0.5, 0.6) is 0 Å². The van der Waals surface area contributed by atoms with E-state index in [-0.39, 0.29) is 18.1 Å². The van der Waals surface area contributed by atoms with E-state index in [2.05, 4.69) is 6.92 Å². The molecule has 0 unspecified atom stereocenters. The van der Waals surface area contributed by atoms with Crippen LogP contribution in [0.3, 0.4) is 0 Å². The van der Waals surface area contributed by atoms with Crippen molar-refractivity contribution in [3.8, 4) is 0 Å². The molecule has 1 N–H and O–H groups in total. The largest absolute Gasteiger partial charge is 0.449 e.